The standard InChI is InChI=1S/C14H17N3O2/c1-18-12-4-3-10(7-13(12)19-2)11-9-17-6-5-15-8-14(17)16-11/h3-4,7,9,15H,5-6,8H2,1-2H3. The van der Waals surface area contributed by atoms with Crippen LogP contribution in [-0.4, -0.2) is 30.3 Å². The van der Waals surface area contributed by atoms with Crippen molar-refractivity contribution >= 4 is 0 Å². The van der Waals surface area contributed by atoms with Gasteiger partial charge in [-0.15, -0.1) is 0 Å². The van der Waals surface area contributed by atoms with Crippen LogP contribution in [0.5, 0.6) is 11.5 Å². The average Bonchev–Trinajstić information content (AvgIpc) is 2.90. The molecule has 2 aromatic rings. The topological polar surface area (TPSA) is 48.3 Å². The molecule has 0 radical (unpaired) electrons. The SMILES string of the molecule is COc1ccc(-c2cn3c(n2)CNCC3)cc1OC. The minimum Gasteiger partial charge on any atom is -0.493 e. The predicted molar refractivity (Wildman–Crippen MR) is 72.5 cm³/mol. The van der Waals surface area contributed by atoms with Gasteiger partial charge in [-0.3, -0.25) is 0 Å². The molecule has 5 nitrogen and oxygen atoms in total. The molecule has 0 bridgehead atoms. The molecule has 1 aliphatic heterocycles. The van der Waals surface area contributed by atoms with E-state index in [1.807, 2.05) is 18.2 Å². The van der Waals surface area contributed by atoms with Crippen molar-refractivity contribution in [3.63, 3.8) is 0 Å². The fourth-order valence-corrected chi connectivity index (χ4v) is 2.32. The van der Waals surface area contributed by atoms with Gasteiger partial charge in [0.15, 0.2) is 11.5 Å². The molecule has 0 saturated carbocycles. The van der Waals surface area contributed by atoms with Gasteiger partial charge in [0.05, 0.1) is 26.5 Å². The van der Waals surface area contributed by atoms with Crippen molar-refractivity contribution < 1.29 is 9.47 Å². The molecule has 1 aromatic heterocycles. The minimum atomic E-state index is 0.726. The Morgan fingerprint density at radius 3 is 2.79 bits per heavy atom. The fourth-order valence-electron chi connectivity index (χ4n) is 2.32. The summed E-state index contributed by atoms with van der Waals surface area (Å²) in [5.74, 6) is 2.54. The number of rotatable bonds is 3. The number of aromatic nitrogens is 2. The molecule has 3 rings (SSSR count). The quantitative estimate of drug-likeness (QED) is 0.911. The van der Waals surface area contributed by atoms with Crippen molar-refractivity contribution in [2.24, 2.45) is 0 Å². The lowest BCUT2D eigenvalue weighted by atomic mass is 10.1. The maximum Gasteiger partial charge on any atom is 0.161 e. The highest BCUT2D eigenvalue weighted by Crippen LogP contribution is 2.32. The van der Waals surface area contributed by atoms with Crippen LogP contribution >= 0.6 is 0 Å². The first kappa shape index (κ1) is 12.0. The number of benzene rings is 1. The number of ether oxygens (including phenoxy) is 2. The first-order valence-electron chi connectivity index (χ1n) is 6.31. The lowest BCUT2D eigenvalue weighted by Crippen LogP contribution is -2.27. The van der Waals surface area contributed by atoms with Crippen LogP contribution in [-0.2, 0) is 13.1 Å². The van der Waals surface area contributed by atoms with Gasteiger partial charge in [-0.25, -0.2) is 4.98 Å². The summed E-state index contributed by atoms with van der Waals surface area (Å²) in [4.78, 5) is 4.66. The Balaban J connectivity index is 1.99. The molecule has 100 valence electrons. The van der Waals surface area contributed by atoms with Crippen molar-refractivity contribution in [1.29, 1.82) is 0 Å². The molecular weight excluding hydrogens is 242 g/mol. The van der Waals surface area contributed by atoms with Gasteiger partial charge in [-0.2, -0.15) is 0 Å². The molecule has 0 saturated heterocycles. The van der Waals surface area contributed by atoms with Crippen LogP contribution in [0.1, 0.15) is 5.82 Å². The van der Waals surface area contributed by atoms with Crippen molar-refractivity contribution in [2.45, 2.75) is 13.1 Å². The zero-order valence-electron chi connectivity index (χ0n) is 11.1. The molecule has 5 heteroatoms. The van der Waals surface area contributed by atoms with E-state index in [1.165, 1.54) is 0 Å². The normalized spacial score (nSPS) is 14.0. The van der Waals surface area contributed by atoms with Crippen LogP contribution in [0.15, 0.2) is 24.4 Å². The van der Waals surface area contributed by atoms with Gasteiger partial charge in [0.2, 0.25) is 0 Å². The molecule has 0 atom stereocenters. The van der Waals surface area contributed by atoms with Gasteiger partial charge in [0.25, 0.3) is 0 Å². The van der Waals surface area contributed by atoms with E-state index in [2.05, 4.69) is 21.1 Å². The van der Waals surface area contributed by atoms with Crippen LogP contribution in [0.4, 0.5) is 0 Å². The third kappa shape index (κ3) is 2.17. The highest BCUT2D eigenvalue weighted by Gasteiger charge is 2.14. The van der Waals surface area contributed by atoms with Crippen LogP contribution in [0.3, 0.4) is 0 Å². The highest BCUT2D eigenvalue weighted by molar-refractivity contribution is 5.63. The van der Waals surface area contributed by atoms with Gasteiger partial charge in [-0.1, -0.05) is 0 Å². The van der Waals surface area contributed by atoms with Gasteiger partial charge in [0, 0.05) is 24.8 Å². The van der Waals surface area contributed by atoms with Gasteiger partial charge in [0.1, 0.15) is 5.82 Å². The third-order valence-electron chi connectivity index (χ3n) is 3.35. The third-order valence-corrected chi connectivity index (χ3v) is 3.35. The highest BCUT2D eigenvalue weighted by atomic mass is 16.5. The maximum atomic E-state index is 5.33. The zero-order chi connectivity index (χ0) is 13.2. The van der Waals surface area contributed by atoms with Crippen LogP contribution < -0.4 is 14.8 Å². The molecular formula is C14H17N3O2. The summed E-state index contributed by atoms with van der Waals surface area (Å²) in [5.41, 5.74) is 2.01. The van der Waals surface area contributed by atoms with E-state index in [1.54, 1.807) is 14.2 Å². The van der Waals surface area contributed by atoms with E-state index in [0.29, 0.717) is 0 Å². The first-order chi connectivity index (χ1) is 9.31. The molecule has 0 spiro atoms. The molecule has 2 heterocycles. The molecule has 19 heavy (non-hydrogen) atoms. The zero-order valence-corrected chi connectivity index (χ0v) is 11.1. The number of fused-ring (bicyclic) bond motifs is 1. The minimum absolute atomic E-state index is 0.726. The number of hydrogen-bond acceptors (Lipinski definition) is 4. The number of nitrogens with zero attached hydrogens (tertiary/aromatic N) is 2. The predicted octanol–water partition coefficient (Wildman–Crippen LogP) is 1.67. The second-order valence-corrected chi connectivity index (χ2v) is 4.48. The summed E-state index contributed by atoms with van der Waals surface area (Å²) >= 11 is 0. The monoisotopic (exact) mass is 259 g/mol. The van der Waals surface area contributed by atoms with E-state index in [9.17, 15) is 0 Å². The molecule has 1 aliphatic rings. The Morgan fingerprint density at radius 1 is 1.21 bits per heavy atom. The van der Waals surface area contributed by atoms with Crippen molar-refractivity contribution in [1.82, 2.24) is 14.9 Å². The fraction of sp³-hybridized carbons (Fsp3) is 0.357. The summed E-state index contributed by atoms with van der Waals surface area (Å²) in [5, 5.41) is 3.32. The Labute approximate surface area is 112 Å². The van der Waals surface area contributed by atoms with E-state index in [0.717, 1.165) is 48.2 Å². The first-order valence-corrected chi connectivity index (χ1v) is 6.31. The Morgan fingerprint density at radius 2 is 2.05 bits per heavy atom. The molecule has 1 N–H and O–H groups in total. The van der Waals surface area contributed by atoms with Crippen LogP contribution in [0, 0.1) is 0 Å². The van der Waals surface area contributed by atoms with Gasteiger partial charge < -0.3 is 19.4 Å². The molecule has 0 aliphatic carbocycles. The number of methoxy groups -OCH3 is 2. The maximum absolute atomic E-state index is 5.33. The summed E-state index contributed by atoms with van der Waals surface area (Å²) in [6, 6.07) is 5.87. The number of nitrogens with one attached hydrogen (secondary N) is 1. The lowest BCUT2D eigenvalue weighted by Gasteiger charge is -2.13. The molecule has 0 fully saturated rings. The van der Waals surface area contributed by atoms with E-state index >= 15 is 0 Å². The van der Waals surface area contributed by atoms with E-state index in [4.69, 9.17) is 9.47 Å². The Kier molecular flexibility index (Phi) is 3.13. The summed E-state index contributed by atoms with van der Waals surface area (Å²) in [7, 11) is 3.28. The number of imidazole rings is 1. The second-order valence-electron chi connectivity index (χ2n) is 4.48. The summed E-state index contributed by atoms with van der Waals surface area (Å²) < 4.78 is 12.8. The van der Waals surface area contributed by atoms with Crippen LogP contribution in [0.25, 0.3) is 11.3 Å². The molecule has 0 unspecified atom stereocenters. The molecule has 0 amide bonds. The lowest BCUT2D eigenvalue weighted by molar-refractivity contribution is 0.355. The average molecular weight is 259 g/mol. The van der Waals surface area contributed by atoms with Crippen molar-refractivity contribution in [3.05, 3.63) is 30.2 Å². The van der Waals surface area contributed by atoms with Gasteiger partial charge >= 0.3 is 0 Å². The smallest absolute Gasteiger partial charge is 0.161 e. The number of hydrogen-bond donors (Lipinski definition) is 1. The Hall–Kier alpha value is -2.01. The summed E-state index contributed by atoms with van der Waals surface area (Å²) in [6.45, 7) is 2.79. The van der Waals surface area contributed by atoms with Crippen molar-refractivity contribution in [3.8, 4) is 22.8 Å². The van der Waals surface area contributed by atoms with E-state index < -0.39 is 0 Å². The van der Waals surface area contributed by atoms with Crippen molar-refractivity contribution in [2.75, 3.05) is 20.8 Å². The van der Waals surface area contributed by atoms with E-state index in [-0.39, 0.29) is 0 Å². The largest absolute Gasteiger partial charge is 0.493 e. The summed E-state index contributed by atoms with van der Waals surface area (Å²) in [6.07, 6.45) is 2.09. The Bertz CT molecular complexity index is 569. The molecule has 1 aromatic carbocycles. The van der Waals surface area contributed by atoms with Gasteiger partial charge in [-0.05, 0) is 18.2 Å². The van der Waals surface area contributed by atoms with Crippen LogP contribution in [0.2, 0.25) is 0 Å². The second kappa shape index (κ2) is 4.93.